The number of nitrogens with one attached hydrogen (secondary N) is 1. The number of pyridine rings is 1. The third-order valence-corrected chi connectivity index (χ3v) is 6.36. The minimum atomic E-state index is -0.133. The highest BCUT2D eigenvalue weighted by atomic mass is 35.5. The lowest BCUT2D eigenvalue weighted by molar-refractivity contribution is 0.269. The summed E-state index contributed by atoms with van der Waals surface area (Å²) in [6.45, 7) is 2.73. The number of benzene rings is 2. The van der Waals surface area contributed by atoms with Crippen LogP contribution in [-0.4, -0.2) is 15.0 Å². The minimum Gasteiger partial charge on any atom is -0.459 e. The molecule has 5 rings (SSSR count). The van der Waals surface area contributed by atoms with E-state index in [0.717, 1.165) is 28.3 Å². The number of aromatic nitrogens is 1. The van der Waals surface area contributed by atoms with Crippen LogP contribution in [0.15, 0.2) is 89.5 Å². The summed E-state index contributed by atoms with van der Waals surface area (Å²) in [5, 5.41) is 4.84. The van der Waals surface area contributed by atoms with Crippen molar-refractivity contribution in [3.05, 3.63) is 113 Å². The van der Waals surface area contributed by atoms with Crippen LogP contribution in [0.1, 0.15) is 34.7 Å². The summed E-state index contributed by atoms with van der Waals surface area (Å²) in [6.07, 6.45) is 1.81. The van der Waals surface area contributed by atoms with E-state index < -0.39 is 0 Å². The molecule has 0 aliphatic carbocycles. The molecule has 4 nitrogen and oxygen atoms in total. The fourth-order valence-corrected chi connectivity index (χ4v) is 4.66. The zero-order valence-electron chi connectivity index (χ0n) is 17.5. The van der Waals surface area contributed by atoms with E-state index in [1.54, 1.807) is 6.20 Å². The Morgan fingerprint density at radius 1 is 1.03 bits per heavy atom. The molecule has 1 N–H and O–H groups in total. The summed E-state index contributed by atoms with van der Waals surface area (Å²) in [5.41, 5.74) is 4.20. The Kier molecular flexibility index (Phi) is 5.68. The quantitative estimate of drug-likeness (QED) is 0.346. The molecule has 1 aliphatic rings. The van der Waals surface area contributed by atoms with E-state index >= 15 is 0 Å². The number of hydrogen-bond acceptors (Lipinski definition) is 3. The van der Waals surface area contributed by atoms with E-state index in [9.17, 15) is 0 Å². The van der Waals surface area contributed by atoms with Crippen molar-refractivity contribution in [3.8, 4) is 11.3 Å². The normalized spacial score (nSPS) is 18.1. The molecule has 1 aliphatic heterocycles. The first-order chi connectivity index (χ1) is 15.6. The smallest absolute Gasteiger partial charge is 0.170 e. The van der Waals surface area contributed by atoms with E-state index in [0.29, 0.717) is 16.7 Å². The van der Waals surface area contributed by atoms with Crippen molar-refractivity contribution < 1.29 is 4.42 Å². The van der Waals surface area contributed by atoms with Crippen molar-refractivity contribution in [1.29, 1.82) is 0 Å². The lowest BCUT2D eigenvalue weighted by Gasteiger charge is -2.26. The van der Waals surface area contributed by atoms with Gasteiger partial charge in [0.05, 0.1) is 11.7 Å². The summed E-state index contributed by atoms with van der Waals surface area (Å²) in [4.78, 5) is 6.77. The number of nitrogens with zero attached hydrogens (tertiary/aromatic N) is 2. The second-order valence-corrected chi connectivity index (χ2v) is 8.72. The molecule has 1 fully saturated rings. The van der Waals surface area contributed by atoms with Crippen LogP contribution in [-0.2, 0) is 6.54 Å². The minimum absolute atomic E-state index is 0.119. The number of furan rings is 1. The fraction of sp³-hybridized carbons (Fsp3) is 0.154. The van der Waals surface area contributed by atoms with Crippen molar-refractivity contribution in [2.75, 3.05) is 0 Å². The second kappa shape index (κ2) is 8.77. The van der Waals surface area contributed by atoms with Gasteiger partial charge in [0.1, 0.15) is 17.6 Å². The molecule has 6 heteroatoms. The van der Waals surface area contributed by atoms with E-state index in [2.05, 4.69) is 34.3 Å². The molecule has 32 heavy (non-hydrogen) atoms. The molecule has 0 amide bonds. The monoisotopic (exact) mass is 459 g/mol. The Balaban J connectivity index is 1.56. The first kappa shape index (κ1) is 20.7. The number of halogens is 1. The van der Waals surface area contributed by atoms with Crippen LogP contribution in [0.2, 0.25) is 5.02 Å². The first-order valence-corrected chi connectivity index (χ1v) is 11.3. The van der Waals surface area contributed by atoms with Gasteiger partial charge in [-0.15, -0.1) is 0 Å². The summed E-state index contributed by atoms with van der Waals surface area (Å²) < 4.78 is 6.43. The lowest BCUT2D eigenvalue weighted by Crippen LogP contribution is -2.29. The fourth-order valence-electron chi connectivity index (χ4n) is 4.18. The highest BCUT2D eigenvalue weighted by Gasteiger charge is 2.41. The van der Waals surface area contributed by atoms with Gasteiger partial charge in [0.2, 0.25) is 0 Å². The molecule has 4 aromatic rings. The second-order valence-electron chi connectivity index (χ2n) is 7.90. The standard InChI is InChI=1S/C26H22ClN3OS/c1-17-10-11-19(27)15-20(17)22-12-13-23(31-22)25-24(21-9-5-6-14-28-21)29-26(32)30(25)16-18-7-3-2-4-8-18/h2-15,24-25H,16H2,1H3,(H,29,32)/t24-,25+/m1/s1. The Bertz CT molecular complexity index is 1240. The number of hydrogen-bond donors (Lipinski definition) is 1. The largest absolute Gasteiger partial charge is 0.459 e. The van der Waals surface area contributed by atoms with Crippen LogP contribution in [0.5, 0.6) is 0 Å². The molecule has 1 saturated heterocycles. The van der Waals surface area contributed by atoms with Crippen LogP contribution >= 0.6 is 23.8 Å². The maximum absolute atomic E-state index is 6.43. The highest BCUT2D eigenvalue weighted by molar-refractivity contribution is 7.80. The van der Waals surface area contributed by atoms with Gasteiger partial charge in [0.15, 0.2) is 5.11 Å². The van der Waals surface area contributed by atoms with Gasteiger partial charge in [-0.2, -0.15) is 0 Å². The molecule has 0 radical (unpaired) electrons. The predicted molar refractivity (Wildman–Crippen MR) is 131 cm³/mol. The molecular weight excluding hydrogens is 438 g/mol. The zero-order valence-corrected chi connectivity index (χ0v) is 19.1. The Labute approximate surface area is 197 Å². The van der Waals surface area contributed by atoms with Crippen LogP contribution in [0.4, 0.5) is 0 Å². The van der Waals surface area contributed by atoms with Crippen LogP contribution in [0, 0.1) is 6.92 Å². The number of aryl methyl sites for hydroxylation is 1. The van der Waals surface area contributed by atoms with Crippen molar-refractivity contribution in [2.24, 2.45) is 0 Å². The van der Waals surface area contributed by atoms with E-state index in [4.69, 9.17) is 28.2 Å². The molecule has 2 aromatic carbocycles. The van der Waals surface area contributed by atoms with E-state index in [-0.39, 0.29) is 12.1 Å². The lowest BCUT2D eigenvalue weighted by atomic mass is 10.0. The number of thiocarbonyl (C=S) groups is 1. The topological polar surface area (TPSA) is 41.3 Å². The zero-order chi connectivity index (χ0) is 22.1. The average Bonchev–Trinajstić information content (AvgIpc) is 3.42. The summed E-state index contributed by atoms with van der Waals surface area (Å²) in [7, 11) is 0. The summed E-state index contributed by atoms with van der Waals surface area (Å²) in [6, 6.07) is 25.9. The Hall–Kier alpha value is -3.15. The highest BCUT2D eigenvalue weighted by Crippen LogP contribution is 2.41. The SMILES string of the molecule is Cc1ccc(Cl)cc1-c1ccc([C@H]2[C@@H](c3ccccn3)NC(=S)N2Cc2ccccc2)o1. The molecule has 0 bridgehead atoms. The van der Waals surface area contributed by atoms with Gasteiger partial charge in [-0.05, 0) is 66.7 Å². The number of rotatable bonds is 5. The predicted octanol–water partition coefficient (Wildman–Crippen LogP) is 6.48. The van der Waals surface area contributed by atoms with Crippen molar-refractivity contribution in [1.82, 2.24) is 15.2 Å². The van der Waals surface area contributed by atoms with Gasteiger partial charge in [-0.1, -0.05) is 54.1 Å². The third-order valence-electron chi connectivity index (χ3n) is 5.78. The van der Waals surface area contributed by atoms with Crippen molar-refractivity contribution >= 4 is 28.9 Å². The van der Waals surface area contributed by atoms with Crippen molar-refractivity contribution in [3.63, 3.8) is 0 Å². The molecular formula is C26H22ClN3OS. The van der Waals surface area contributed by atoms with Crippen LogP contribution in [0.25, 0.3) is 11.3 Å². The van der Waals surface area contributed by atoms with Gasteiger partial charge >= 0.3 is 0 Å². The summed E-state index contributed by atoms with van der Waals surface area (Å²) in [5.74, 6) is 1.62. The maximum Gasteiger partial charge on any atom is 0.170 e. The molecule has 0 spiro atoms. The van der Waals surface area contributed by atoms with E-state index in [1.165, 1.54) is 5.56 Å². The molecule has 3 heterocycles. The van der Waals surface area contributed by atoms with Crippen LogP contribution < -0.4 is 5.32 Å². The molecule has 0 saturated carbocycles. The van der Waals surface area contributed by atoms with Gasteiger partial charge in [-0.3, -0.25) is 4.98 Å². The molecule has 2 aromatic heterocycles. The van der Waals surface area contributed by atoms with Gasteiger partial charge in [-0.25, -0.2) is 0 Å². The first-order valence-electron chi connectivity index (χ1n) is 10.5. The van der Waals surface area contributed by atoms with Gasteiger partial charge < -0.3 is 14.6 Å². The Morgan fingerprint density at radius 2 is 1.84 bits per heavy atom. The molecule has 160 valence electrons. The van der Waals surface area contributed by atoms with Gasteiger partial charge in [0.25, 0.3) is 0 Å². The third kappa shape index (κ3) is 4.01. The maximum atomic E-state index is 6.43. The van der Waals surface area contributed by atoms with Crippen LogP contribution in [0.3, 0.4) is 0 Å². The van der Waals surface area contributed by atoms with E-state index in [1.807, 2.05) is 66.7 Å². The average molecular weight is 460 g/mol. The molecule has 0 unspecified atom stereocenters. The van der Waals surface area contributed by atoms with Crippen molar-refractivity contribution in [2.45, 2.75) is 25.6 Å². The van der Waals surface area contributed by atoms with Gasteiger partial charge in [0, 0.05) is 23.3 Å². The Morgan fingerprint density at radius 3 is 2.62 bits per heavy atom. The molecule has 2 atom stereocenters. The summed E-state index contributed by atoms with van der Waals surface area (Å²) >= 11 is 12.0.